The molecule has 10 heteroatoms. The number of nitrogens with one attached hydrogen (secondary N) is 2. The van der Waals surface area contributed by atoms with Gasteiger partial charge in [-0.05, 0) is 55.3 Å². The van der Waals surface area contributed by atoms with Crippen LogP contribution in [0.4, 0.5) is 5.69 Å². The number of nitrogens with zero attached hydrogens (tertiary/aromatic N) is 1. The average molecular weight is 496 g/mol. The van der Waals surface area contributed by atoms with Crippen LogP contribution in [0.25, 0.3) is 11.0 Å². The zero-order valence-electron chi connectivity index (χ0n) is 20.2. The number of aliphatic hydroxyl groups excluding tert-OH is 1. The van der Waals surface area contributed by atoms with E-state index in [0.29, 0.717) is 30.3 Å². The van der Waals surface area contributed by atoms with Gasteiger partial charge in [0.1, 0.15) is 18.0 Å². The number of hydrogen-bond donors (Lipinski definition) is 3. The van der Waals surface area contributed by atoms with Crippen LogP contribution >= 0.6 is 0 Å². The first kappa shape index (κ1) is 25.2. The van der Waals surface area contributed by atoms with E-state index in [2.05, 4.69) is 15.3 Å². The Morgan fingerprint density at radius 2 is 2.11 bits per heavy atom. The first-order chi connectivity index (χ1) is 17.5. The molecule has 1 aliphatic rings. The van der Waals surface area contributed by atoms with Crippen LogP contribution in [0.5, 0.6) is 5.75 Å². The van der Waals surface area contributed by atoms with Gasteiger partial charge < -0.3 is 34.4 Å². The fourth-order valence-electron chi connectivity index (χ4n) is 3.91. The third-order valence-corrected chi connectivity index (χ3v) is 5.63. The van der Waals surface area contributed by atoms with E-state index in [1.807, 2.05) is 25.1 Å². The molecule has 1 aliphatic heterocycles. The van der Waals surface area contributed by atoms with Crippen molar-refractivity contribution in [1.82, 2.24) is 9.97 Å². The van der Waals surface area contributed by atoms with E-state index in [1.54, 1.807) is 31.5 Å². The van der Waals surface area contributed by atoms with E-state index in [-0.39, 0.29) is 37.7 Å². The summed E-state index contributed by atoms with van der Waals surface area (Å²) in [5.74, 6) is -0.460. The lowest BCUT2D eigenvalue weighted by Crippen LogP contribution is -2.24. The molecule has 0 fully saturated rings. The Kier molecular flexibility index (Phi) is 8.19. The van der Waals surface area contributed by atoms with E-state index in [0.717, 1.165) is 16.5 Å². The molecule has 190 valence electrons. The summed E-state index contributed by atoms with van der Waals surface area (Å²) in [6, 6.07) is 9.11. The molecular formula is C26H29N3O7. The second-order valence-electron chi connectivity index (χ2n) is 8.10. The minimum Gasteiger partial charge on any atom is -0.491 e. The summed E-state index contributed by atoms with van der Waals surface area (Å²) in [5.41, 5.74) is 2.91. The number of aromatic amines is 1. The van der Waals surface area contributed by atoms with Crippen molar-refractivity contribution in [2.75, 3.05) is 38.4 Å². The number of fused-ring (bicyclic) bond motifs is 1. The summed E-state index contributed by atoms with van der Waals surface area (Å²) in [5, 5.41) is 12.7. The van der Waals surface area contributed by atoms with E-state index in [9.17, 15) is 9.59 Å². The number of ether oxygens (including phenoxy) is 4. The van der Waals surface area contributed by atoms with Gasteiger partial charge in [-0.2, -0.15) is 0 Å². The van der Waals surface area contributed by atoms with Crippen molar-refractivity contribution in [2.45, 2.75) is 26.4 Å². The summed E-state index contributed by atoms with van der Waals surface area (Å²) in [6.45, 7) is 4.61. The molecule has 3 heterocycles. The van der Waals surface area contributed by atoms with Gasteiger partial charge in [0, 0.05) is 29.9 Å². The van der Waals surface area contributed by atoms with Crippen molar-refractivity contribution in [3.05, 3.63) is 65.3 Å². The molecule has 4 rings (SSSR count). The number of aromatic nitrogens is 2. The van der Waals surface area contributed by atoms with Crippen molar-refractivity contribution < 1.29 is 33.6 Å². The van der Waals surface area contributed by atoms with Crippen LogP contribution in [0.1, 0.15) is 18.1 Å². The maximum absolute atomic E-state index is 13.2. The van der Waals surface area contributed by atoms with Crippen LogP contribution in [0.3, 0.4) is 0 Å². The predicted octanol–water partition coefficient (Wildman–Crippen LogP) is 2.66. The molecule has 0 amide bonds. The highest BCUT2D eigenvalue weighted by Gasteiger charge is 2.40. The second-order valence-corrected chi connectivity index (χ2v) is 8.10. The third-order valence-electron chi connectivity index (χ3n) is 5.63. The third kappa shape index (κ3) is 5.67. The van der Waals surface area contributed by atoms with Gasteiger partial charge in [0.05, 0.1) is 26.4 Å². The van der Waals surface area contributed by atoms with Crippen molar-refractivity contribution in [3.8, 4) is 5.75 Å². The number of Topliss-reactive ketones (excluding diaryl/α,β-unsaturated/α-hetero) is 1. The predicted molar refractivity (Wildman–Crippen MR) is 132 cm³/mol. The van der Waals surface area contributed by atoms with Crippen molar-refractivity contribution >= 4 is 28.5 Å². The number of H-pyrrole nitrogens is 1. The highest BCUT2D eigenvalue weighted by atomic mass is 16.5. The van der Waals surface area contributed by atoms with Gasteiger partial charge in [0.25, 0.3) is 0 Å². The Labute approximate surface area is 208 Å². The van der Waals surface area contributed by atoms with Gasteiger partial charge in [0.15, 0.2) is 11.7 Å². The molecule has 1 unspecified atom stereocenters. The first-order valence-corrected chi connectivity index (χ1v) is 11.7. The molecule has 1 aromatic carbocycles. The van der Waals surface area contributed by atoms with Crippen LogP contribution < -0.4 is 10.1 Å². The Balaban J connectivity index is 1.50. The van der Waals surface area contributed by atoms with Gasteiger partial charge in [-0.1, -0.05) is 0 Å². The Hall–Kier alpha value is -3.89. The maximum atomic E-state index is 13.2. The molecule has 2 aromatic heterocycles. The SMILES string of the molecule is CCOC(=O)C1=C(Nc2ccc(OCCOCCO)cc2C)OC(Cc2c[nH]c3ncccc23)C1=O. The molecule has 36 heavy (non-hydrogen) atoms. The fraction of sp³-hybridized carbons (Fsp3) is 0.346. The Morgan fingerprint density at radius 1 is 1.25 bits per heavy atom. The summed E-state index contributed by atoms with van der Waals surface area (Å²) >= 11 is 0. The van der Waals surface area contributed by atoms with Crippen LogP contribution in [-0.4, -0.2) is 66.0 Å². The Morgan fingerprint density at radius 3 is 2.89 bits per heavy atom. The smallest absolute Gasteiger partial charge is 0.347 e. The fourth-order valence-corrected chi connectivity index (χ4v) is 3.91. The molecule has 10 nitrogen and oxygen atoms in total. The molecule has 0 saturated carbocycles. The highest BCUT2D eigenvalue weighted by Crippen LogP contribution is 2.30. The number of hydrogen-bond acceptors (Lipinski definition) is 9. The number of pyridine rings is 1. The molecule has 1 atom stereocenters. The highest BCUT2D eigenvalue weighted by molar-refractivity contribution is 6.21. The number of esters is 1. The minimum absolute atomic E-state index is 0.0342. The number of aryl methyl sites for hydroxylation is 1. The lowest BCUT2D eigenvalue weighted by molar-refractivity contribution is -0.140. The normalized spacial score (nSPS) is 15.3. The van der Waals surface area contributed by atoms with Crippen molar-refractivity contribution in [1.29, 1.82) is 0 Å². The molecule has 0 bridgehead atoms. The molecule has 3 N–H and O–H groups in total. The van der Waals surface area contributed by atoms with Gasteiger partial charge in [-0.15, -0.1) is 0 Å². The van der Waals surface area contributed by atoms with E-state index >= 15 is 0 Å². The standard InChI is InChI=1S/C26H29N3O7/c1-3-34-26(32)22-23(31)21(14-17-15-28-24-19(17)5-4-8-27-24)36-25(22)29-20-7-6-18(13-16(20)2)35-12-11-33-10-9-30/h4-8,13,15,21,29-30H,3,9-12,14H2,1-2H3,(H,27,28). The maximum Gasteiger partial charge on any atom is 0.347 e. The van der Waals surface area contributed by atoms with E-state index in [1.165, 1.54) is 0 Å². The average Bonchev–Trinajstić information content (AvgIpc) is 3.41. The zero-order chi connectivity index (χ0) is 25.5. The largest absolute Gasteiger partial charge is 0.491 e. The lowest BCUT2D eigenvalue weighted by atomic mass is 10.0. The van der Waals surface area contributed by atoms with E-state index < -0.39 is 17.9 Å². The molecule has 0 aliphatic carbocycles. The molecule has 3 aromatic rings. The molecule has 0 radical (unpaired) electrons. The number of ketones is 1. The van der Waals surface area contributed by atoms with Crippen LogP contribution in [0.2, 0.25) is 0 Å². The summed E-state index contributed by atoms with van der Waals surface area (Å²) in [7, 11) is 0. The van der Waals surface area contributed by atoms with Crippen LogP contribution in [0.15, 0.2) is 54.2 Å². The molecular weight excluding hydrogens is 466 g/mol. The van der Waals surface area contributed by atoms with Crippen LogP contribution in [-0.2, 0) is 30.2 Å². The quantitative estimate of drug-likeness (QED) is 0.197. The number of aliphatic hydroxyl groups is 1. The molecule has 0 spiro atoms. The molecule has 0 saturated heterocycles. The lowest BCUT2D eigenvalue weighted by Gasteiger charge is -2.15. The Bertz CT molecular complexity index is 1270. The summed E-state index contributed by atoms with van der Waals surface area (Å²) < 4.78 is 22.0. The van der Waals surface area contributed by atoms with Gasteiger partial charge in [-0.25, -0.2) is 9.78 Å². The number of anilines is 1. The van der Waals surface area contributed by atoms with Gasteiger partial charge in [0.2, 0.25) is 11.7 Å². The first-order valence-electron chi connectivity index (χ1n) is 11.7. The van der Waals surface area contributed by atoms with Crippen LogP contribution in [0, 0.1) is 6.92 Å². The number of benzene rings is 1. The van der Waals surface area contributed by atoms with E-state index in [4.69, 9.17) is 24.1 Å². The monoisotopic (exact) mass is 495 g/mol. The number of carbonyl (C=O) groups is 2. The van der Waals surface area contributed by atoms with Gasteiger partial charge >= 0.3 is 5.97 Å². The summed E-state index contributed by atoms with van der Waals surface area (Å²) in [4.78, 5) is 33.3. The van der Waals surface area contributed by atoms with Gasteiger partial charge in [-0.3, -0.25) is 4.79 Å². The minimum atomic E-state index is -0.882. The van der Waals surface area contributed by atoms with Crippen molar-refractivity contribution in [3.63, 3.8) is 0 Å². The summed E-state index contributed by atoms with van der Waals surface area (Å²) in [6.07, 6.45) is 2.86. The topological polar surface area (TPSA) is 132 Å². The number of rotatable bonds is 12. The second kappa shape index (κ2) is 11.7. The zero-order valence-corrected chi connectivity index (χ0v) is 20.2. The number of carbonyl (C=O) groups excluding carboxylic acids is 2. The van der Waals surface area contributed by atoms with Crippen molar-refractivity contribution in [2.24, 2.45) is 0 Å².